The van der Waals surface area contributed by atoms with Crippen molar-refractivity contribution in [2.45, 2.75) is 12.7 Å². The molecule has 2 N–H and O–H groups in total. The van der Waals surface area contributed by atoms with Crippen molar-refractivity contribution >= 4 is 11.0 Å². The van der Waals surface area contributed by atoms with E-state index in [0.29, 0.717) is 22.2 Å². The fourth-order valence-corrected chi connectivity index (χ4v) is 2.07. The molecule has 0 fully saturated rings. The Morgan fingerprint density at radius 1 is 1.25 bits per heavy atom. The summed E-state index contributed by atoms with van der Waals surface area (Å²) in [5, 5.41) is 3.69. The lowest BCUT2D eigenvalue weighted by atomic mass is 10.1. The molecule has 0 atom stereocenters. The third-order valence-corrected chi connectivity index (χ3v) is 2.84. The van der Waals surface area contributed by atoms with E-state index in [1.807, 2.05) is 0 Å². The molecule has 2 heterocycles. The molecule has 0 bridgehead atoms. The van der Waals surface area contributed by atoms with E-state index in [4.69, 9.17) is 0 Å². The summed E-state index contributed by atoms with van der Waals surface area (Å²) < 4.78 is 37.7. The summed E-state index contributed by atoms with van der Waals surface area (Å²) in [5.74, 6) is 0. The number of aromatic nitrogens is 4. The van der Waals surface area contributed by atoms with Gasteiger partial charge < -0.3 is 9.97 Å². The molecular weight excluding hydrogens is 273 g/mol. The lowest BCUT2D eigenvalue weighted by Crippen LogP contribution is -2.17. The molecule has 3 aromatic rings. The van der Waals surface area contributed by atoms with Crippen molar-refractivity contribution in [1.29, 1.82) is 0 Å². The quantitative estimate of drug-likeness (QED) is 0.757. The first kappa shape index (κ1) is 12.5. The number of aromatic amines is 2. The van der Waals surface area contributed by atoms with Crippen molar-refractivity contribution in [3.05, 3.63) is 41.1 Å². The Hall–Kier alpha value is -2.51. The van der Waals surface area contributed by atoms with Gasteiger partial charge in [-0.15, -0.1) is 0 Å². The number of nitrogens with zero attached hydrogens (tertiary/aromatic N) is 2. The van der Waals surface area contributed by atoms with Crippen molar-refractivity contribution in [2.24, 2.45) is 0 Å². The van der Waals surface area contributed by atoms with Gasteiger partial charge in [0.1, 0.15) is 6.54 Å². The average Bonchev–Trinajstić information content (AvgIpc) is 2.91. The Morgan fingerprint density at radius 3 is 2.80 bits per heavy atom. The number of benzene rings is 1. The first-order valence-corrected chi connectivity index (χ1v) is 5.73. The van der Waals surface area contributed by atoms with Crippen LogP contribution >= 0.6 is 0 Å². The van der Waals surface area contributed by atoms with Crippen LogP contribution < -0.4 is 5.69 Å². The lowest BCUT2D eigenvalue weighted by molar-refractivity contribution is -0.142. The van der Waals surface area contributed by atoms with Gasteiger partial charge in [-0.3, -0.25) is 4.68 Å². The zero-order chi connectivity index (χ0) is 14.3. The Balaban J connectivity index is 2.05. The number of alkyl halides is 3. The number of imidazole rings is 1. The minimum atomic E-state index is -4.32. The van der Waals surface area contributed by atoms with E-state index in [1.165, 1.54) is 12.4 Å². The lowest BCUT2D eigenvalue weighted by Gasteiger charge is -2.05. The van der Waals surface area contributed by atoms with Crippen LogP contribution in [0.3, 0.4) is 0 Å². The van der Waals surface area contributed by atoms with Gasteiger partial charge in [-0.2, -0.15) is 18.3 Å². The van der Waals surface area contributed by atoms with E-state index < -0.39 is 12.7 Å². The number of rotatable bonds is 2. The van der Waals surface area contributed by atoms with Gasteiger partial charge in [0.2, 0.25) is 0 Å². The van der Waals surface area contributed by atoms with Crippen LogP contribution in [0.1, 0.15) is 0 Å². The smallest absolute Gasteiger partial charge is 0.306 e. The highest BCUT2D eigenvalue weighted by molar-refractivity contribution is 5.91. The molecule has 1 aromatic carbocycles. The number of hydrogen-bond donors (Lipinski definition) is 2. The predicted molar refractivity (Wildman–Crippen MR) is 66.2 cm³/mol. The first-order valence-electron chi connectivity index (χ1n) is 5.73. The molecule has 5 nitrogen and oxygen atoms in total. The van der Waals surface area contributed by atoms with E-state index in [1.54, 1.807) is 18.2 Å². The standard InChI is InChI=1S/C12H9F3N4O/c13-12(14,15)6-19-5-7(4-16-19)8-2-1-3-9-10(8)18-11(20)17-9/h1-5H,6H2,(H2,17,18,20). The van der Waals surface area contributed by atoms with Crippen molar-refractivity contribution in [3.8, 4) is 11.1 Å². The molecule has 0 unspecified atom stereocenters. The number of hydrogen-bond acceptors (Lipinski definition) is 2. The van der Waals surface area contributed by atoms with Crippen LogP contribution in [0.25, 0.3) is 22.2 Å². The van der Waals surface area contributed by atoms with Crippen LogP contribution in [-0.4, -0.2) is 25.9 Å². The average molecular weight is 282 g/mol. The van der Waals surface area contributed by atoms with Crippen LogP contribution in [0.15, 0.2) is 35.4 Å². The normalized spacial score (nSPS) is 12.2. The minimum Gasteiger partial charge on any atom is -0.306 e. The summed E-state index contributed by atoms with van der Waals surface area (Å²) in [5.41, 5.74) is 1.90. The number of halogens is 3. The van der Waals surface area contributed by atoms with Gasteiger partial charge >= 0.3 is 11.9 Å². The fourth-order valence-electron chi connectivity index (χ4n) is 2.07. The van der Waals surface area contributed by atoms with E-state index in [2.05, 4.69) is 15.1 Å². The second-order valence-corrected chi connectivity index (χ2v) is 4.35. The molecular formula is C12H9F3N4O. The summed E-state index contributed by atoms with van der Waals surface area (Å²) in [4.78, 5) is 16.5. The Bertz CT molecular complexity index is 812. The summed E-state index contributed by atoms with van der Waals surface area (Å²) in [6.45, 7) is -1.15. The van der Waals surface area contributed by atoms with Gasteiger partial charge in [-0.1, -0.05) is 12.1 Å². The van der Waals surface area contributed by atoms with Gasteiger partial charge in [0, 0.05) is 17.3 Å². The molecule has 0 aliphatic carbocycles. The van der Waals surface area contributed by atoms with Crippen molar-refractivity contribution in [2.75, 3.05) is 0 Å². The van der Waals surface area contributed by atoms with Crippen LogP contribution in [-0.2, 0) is 6.54 Å². The number of fused-ring (bicyclic) bond motifs is 1. The predicted octanol–water partition coefficient (Wildman–Crippen LogP) is 2.28. The maximum absolute atomic E-state index is 12.3. The van der Waals surface area contributed by atoms with E-state index in [9.17, 15) is 18.0 Å². The van der Waals surface area contributed by atoms with Crippen LogP contribution in [0.5, 0.6) is 0 Å². The number of H-pyrrole nitrogens is 2. The largest absolute Gasteiger partial charge is 0.408 e. The molecule has 0 aliphatic rings. The van der Waals surface area contributed by atoms with Gasteiger partial charge in [-0.25, -0.2) is 4.79 Å². The Labute approximate surface area is 110 Å². The molecule has 0 aliphatic heterocycles. The molecule has 2 aromatic heterocycles. The van der Waals surface area contributed by atoms with Gasteiger partial charge in [0.25, 0.3) is 0 Å². The second kappa shape index (κ2) is 4.26. The van der Waals surface area contributed by atoms with E-state index in [0.717, 1.165) is 4.68 Å². The monoisotopic (exact) mass is 282 g/mol. The van der Waals surface area contributed by atoms with Crippen molar-refractivity contribution < 1.29 is 13.2 Å². The molecule has 0 saturated heterocycles. The van der Waals surface area contributed by atoms with Crippen molar-refractivity contribution in [3.63, 3.8) is 0 Å². The molecule has 104 valence electrons. The second-order valence-electron chi connectivity index (χ2n) is 4.35. The van der Waals surface area contributed by atoms with Crippen LogP contribution in [0.4, 0.5) is 13.2 Å². The zero-order valence-corrected chi connectivity index (χ0v) is 10.0. The minimum absolute atomic E-state index is 0.366. The van der Waals surface area contributed by atoms with Crippen molar-refractivity contribution in [1.82, 2.24) is 19.7 Å². The Morgan fingerprint density at radius 2 is 2.05 bits per heavy atom. The molecule has 0 amide bonds. The maximum atomic E-state index is 12.3. The molecule has 0 radical (unpaired) electrons. The summed E-state index contributed by atoms with van der Waals surface area (Å²) in [6.07, 6.45) is -1.68. The molecule has 0 saturated carbocycles. The zero-order valence-electron chi connectivity index (χ0n) is 10.0. The summed E-state index contributed by atoms with van der Waals surface area (Å²) >= 11 is 0. The number of para-hydroxylation sites is 1. The molecule has 20 heavy (non-hydrogen) atoms. The molecule has 0 spiro atoms. The number of nitrogens with one attached hydrogen (secondary N) is 2. The topological polar surface area (TPSA) is 66.5 Å². The first-order chi connectivity index (χ1) is 9.42. The van der Waals surface area contributed by atoms with Gasteiger partial charge in [-0.05, 0) is 6.07 Å². The summed E-state index contributed by atoms with van der Waals surface area (Å²) in [6, 6.07) is 5.13. The van der Waals surface area contributed by atoms with E-state index >= 15 is 0 Å². The maximum Gasteiger partial charge on any atom is 0.408 e. The van der Waals surface area contributed by atoms with Crippen LogP contribution in [0, 0.1) is 0 Å². The highest BCUT2D eigenvalue weighted by Crippen LogP contribution is 2.26. The Kier molecular flexibility index (Phi) is 2.66. The third kappa shape index (κ3) is 2.31. The summed E-state index contributed by atoms with van der Waals surface area (Å²) in [7, 11) is 0. The van der Waals surface area contributed by atoms with Gasteiger partial charge in [0.05, 0.1) is 17.2 Å². The highest BCUT2D eigenvalue weighted by Gasteiger charge is 2.28. The van der Waals surface area contributed by atoms with Crippen LogP contribution in [0.2, 0.25) is 0 Å². The van der Waals surface area contributed by atoms with E-state index in [-0.39, 0.29) is 5.69 Å². The molecule has 8 heteroatoms. The third-order valence-electron chi connectivity index (χ3n) is 2.84. The highest BCUT2D eigenvalue weighted by atomic mass is 19.4. The van der Waals surface area contributed by atoms with Gasteiger partial charge in [0.15, 0.2) is 0 Å². The molecule has 3 rings (SSSR count). The SMILES string of the molecule is O=c1[nH]c2cccc(-c3cnn(CC(F)(F)F)c3)c2[nH]1. The fraction of sp³-hybridized carbons (Fsp3) is 0.167.